The van der Waals surface area contributed by atoms with Gasteiger partial charge in [0.2, 0.25) is 0 Å². The van der Waals surface area contributed by atoms with E-state index < -0.39 is 11.7 Å². The van der Waals surface area contributed by atoms with Crippen LogP contribution in [-0.4, -0.2) is 61.4 Å². The summed E-state index contributed by atoms with van der Waals surface area (Å²) < 4.78 is 5.39. The number of rotatable bonds is 6. The minimum absolute atomic E-state index is 0.0654. The fourth-order valence-corrected chi connectivity index (χ4v) is 3.30. The van der Waals surface area contributed by atoms with Crippen molar-refractivity contribution in [2.45, 2.75) is 65.1 Å². The molecule has 0 aromatic carbocycles. The Bertz CT molecular complexity index is 679. The number of anilines is 1. The number of pyridine rings is 1. The van der Waals surface area contributed by atoms with Crippen LogP contribution in [0.15, 0.2) is 29.4 Å². The summed E-state index contributed by atoms with van der Waals surface area (Å²) in [7, 11) is 1.77. The zero-order valence-electron chi connectivity index (χ0n) is 19.2. The largest absolute Gasteiger partial charge is 0.444 e. The third-order valence-corrected chi connectivity index (χ3v) is 5.03. The first-order valence-electron chi connectivity index (χ1n) is 10.8. The average Bonchev–Trinajstić information content (AvgIpc) is 2.69. The van der Waals surface area contributed by atoms with Crippen molar-refractivity contribution in [3.63, 3.8) is 0 Å². The molecular weight excluding hydrogens is 380 g/mol. The summed E-state index contributed by atoms with van der Waals surface area (Å²) in [6.45, 7) is 12.2. The molecule has 3 N–H and O–H groups in total. The molecule has 0 saturated carbocycles. The summed E-state index contributed by atoms with van der Waals surface area (Å²) in [6, 6.07) is 6.31. The van der Waals surface area contributed by atoms with Gasteiger partial charge in [-0.2, -0.15) is 0 Å². The van der Waals surface area contributed by atoms with Crippen molar-refractivity contribution in [1.29, 1.82) is 0 Å². The van der Waals surface area contributed by atoms with Gasteiger partial charge in [0, 0.05) is 38.9 Å². The molecule has 0 bridgehead atoms. The minimum Gasteiger partial charge on any atom is -0.444 e. The summed E-state index contributed by atoms with van der Waals surface area (Å²) in [5.41, 5.74) is -0.513. The van der Waals surface area contributed by atoms with Crippen LogP contribution in [0.3, 0.4) is 0 Å². The van der Waals surface area contributed by atoms with E-state index >= 15 is 0 Å². The number of hydrogen-bond acceptors (Lipinski definition) is 5. The lowest BCUT2D eigenvalue weighted by molar-refractivity contribution is 0.0491. The summed E-state index contributed by atoms with van der Waals surface area (Å²) in [4.78, 5) is 23.2. The molecule has 8 heteroatoms. The van der Waals surface area contributed by atoms with Crippen LogP contribution in [0.25, 0.3) is 0 Å². The van der Waals surface area contributed by atoms with E-state index in [4.69, 9.17) is 4.74 Å². The zero-order chi connectivity index (χ0) is 22.1. The van der Waals surface area contributed by atoms with Crippen molar-refractivity contribution in [3.8, 4) is 0 Å². The highest BCUT2D eigenvalue weighted by Crippen LogP contribution is 2.17. The van der Waals surface area contributed by atoms with Crippen LogP contribution in [0.5, 0.6) is 0 Å². The van der Waals surface area contributed by atoms with Gasteiger partial charge in [-0.1, -0.05) is 19.9 Å². The number of aromatic nitrogens is 1. The molecule has 1 aliphatic heterocycles. The van der Waals surface area contributed by atoms with E-state index in [1.807, 2.05) is 39.1 Å². The van der Waals surface area contributed by atoms with Crippen LogP contribution < -0.4 is 20.9 Å². The van der Waals surface area contributed by atoms with Gasteiger partial charge in [0.1, 0.15) is 11.4 Å². The Morgan fingerprint density at radius 3 is 2.53 bits per heavy atom. The van der Waals surface area contributed by atoms with Crippen LogP contribution >= 0.6 is 0 Å². The van der Waals surface area contributed by atoms with Gasteiger partial charge in [0.15, 0.2) is 5.96 Å². The first-order valence-corrected chi connectivity index (χ1v) is 10.8. The number of hydrogen-bond donors (Lipinski definition) is 3. The monoisotopic (exact) mass is 418 g/mol. The number of guanidine groups is 1. The van der Waals surface area contributed by atoms with Crippen molar-refractivity contribution in [2.75, 3.05) is 31.6 Å². The highest BCUT2D eigenvalue weighted by Gasteiger charge is 2.23. The van der Waals surface area contributed by atoms with Crippen molar-refractivity contribution < 1.29 is 9.53 Å². The van der Waals surface area contributed by atoms with Crippen molar-refractivity contribution in [2.24, 2.45) is 10.9 Å². The number of amides is 1. The van der Waals surface area contributed by atoms with E-state index in [-0.39, 0.29) is 12.0 Å². The molecule has 1 atom stereocenters. The van der Waals surface area contributed by atoms with Crippen LogP contribution in [0.2, 0.25) is 0 Å². The molecule has 1 aliphatic rings. The molecule has 168 valence electrons. The molecule has 8 nitrogen and oxygen atoms in total. The number of ether oxygens (including phenoxy) is 1. The number of carbonyl (C=O) groups excluding carboxylic acids is 1. The molecule has 1 unspecified atom stereocenters. The molecule has 1 saturated heterocycles. The number of nitrogens with zero attached hydrogens (tertiary/aromatic N) is 3. The predicted molar refractivity (Wildman–Crippen MR) is 122 cm³/mol. The lowest BCUT2D eigenvalue weighted by atomic mass is 10.0. The lowest BCUT2D eigenvalue weighted by Gasteiger charge is -2.34. The molecule has 1 aromatic rings. The summed E-state index contributed by atoms with van der Waals surface area (Å²) in [5.74, 6) is 2.04. The second-order valence-corrected chi connectivity index (χ2v) is 9.04. The van der Waals surface area contributed by atoms with Crippen molar-refractivity contribution in [3.05, 3.63) is 24.4 Å². The minimum atomic E-state index is -0.513. The van der Waals surface area contributed by atoms with E-state index in [0.29, 0.717) is 12.6 Å². The first kappa shape index (κ1) is 23.8. The standard InChI is InChI=1S/C22H38N6O2/c1-16(2)18(27-21(29)30-22(3,4)5)15-25-20(23-6)26-17-10-13-28(14-11-17)19-9-7-8-12-24-19/h7-9,12,16-18H,10-11,13-15H2,1-6H3,(H,27,29)(H2,23,25,26). The third kappa shape index (κ3) is 8.08. The number of carbonyl (C=O) groups is 1. The van der Waals surface area contributed by atoms with E-state index in [2.05, 4.69) is 50.7 Å². The van der Waals surface area contributed by atoms with Gasteiger partial charge < -0.3 is 25.6 Å². The van der Waals surface area contributed by atoms with Crippen LogP contribution in [-0.2, 0) is 4.74 Å². The molecule has 2 rings (SSSR count). The van der Waals surface area contributed by atoms with Gasteiger partial charge in [-0.15, -0.1) is 0 Å². The Morgan fingerprint density at radius 1 is 1.30 bits per heavy atom. The summed E-state index contributed by atoms with van der Waals surface area (Å²) in [6.07, 6.45) is 3.47. The highest BCUT2D eigenvalue weighted by atomic mass is 16.6. The van der Waals surface area contributed by atoms with Crippen molar-refractivity contribution >= 4 is 17.9 Å². The Kier molecular flexibility index (Phi) is 8.74. The fourth-order valence-electron chi connectivity index (χ4n) is 3.30. The zero-order valence-corrected chi connectivity index (χ0v) is 19.2. The molecule has 2 heterocycles. The second kappa shape index (κ2) is 11.0. The molecule has 1 fully saturated rings. The summed E-state index contributed by atoms with van der Waals surface area (Å²) in [5, 5.41) is 9.82. The van der Waals surface area contributed by atoms with E-state index in [1.165, 1.54) is 0 Å². The highest BCUT2D eigenvalue weighted by molar-refractivity contribution is 5.80. The van der Waals surface area contributed by atoms with Crippen molar-refractivity contribution in [1.82, 2.24) is 20.9 Å². The smallest absolute Gasteiger partial charge is 0.407 e. The maximum atomic E-state index is 12.1. The van der Waals surface area contributed by atoms with Gasteiger partial charge in [-0.3, -0.25) is 4.99 Å². The van der Waals surface area contributed by atoms with Gasteiger partial charge >= 0.3 is 6.09 Å². The van der Waals surface area contributed by atoms with Gasteiger partial charge in [-0.25, -0.2) is 9.78 Å². The SMILES string of the molecule is CN=C(NCC(NC(=O)OC(C)(C)C)C(C)C)NC1CCN(c2ccccn2)CC1. The average molecular weight is 419 g/mol. The molecular formula is C22H38N6O2. The number of aliphatic imine (C=N–C) groups is 1. The third-order valence-electron chi connectivity index (χ3n) is 5.03. The quantitative estimate of drug-likeness (QED) is 0.486. The Morgan fingerprint density at radius 2 is 2.00 bits per heavy atom. The fraction of sp³-hybridized carbons (Fsp3) is 0.682. The molecule has 0 aliphatic carbocycles. The van der Waals surface area contributed by atoms with Crippen LogP contribution in [0.4, 0.5) is 10.6 Å². The maximum Gasteiger partial charge on any atom is 0.407 e. The topological polar surface area (TPSA) is 90.9 Å². The van der Waals surface area contributed by atoms with E-state index in [9.17, 15) is 4.79 Å². The van der Waals surface area contributed by atoms with E-state index in [1.54, 1.807) is 7.05 Å². The Labute approximate surface area is 180 Å². The molecule has 0 radical (unpaired) electrons. The summed E-state index contributed by atoms with van der Waals surface area (Å²) >= 11 is 0. The number of piperidine rings is 1. The number of nitrogens with one attached hydrogen (secondary N) is 3. The predicted octanol–water partition coefficient (Wildman–Crippen LogP) is 2.76. The first-order chi connectivity index (χ1) is 14.2. The Balaban J connectivity index is 1.80. The molecule has 30 heavy (non-hydrogen) atoms. The molecule has 1 aromatic heterocycles. The Hall–Kier alpha value is -2.51. The lowest BCUT2D eigenvalue weighted by Crippen LogP contribution is -2.53. The molecule has 1 amide bonds. The number of alkyl carbamates (subject to hydrolysis) is 1. The maximum absolute atomic E-state index is 12.1. The normalized spacial score (nSPS) is 16.9. The van der Waals surface area contributed by atoms with Crippen LogP contribution in [0.1, 0.15) is 47.5 Å². The van der Waals surface area contributed by atoms with E-state index in [0.717, 1.165) is 37.7 Å². The molecule has 0 spiro atoms. The van der Waals surface area contributed by atoms with Crippen LogP contribution in [0, 0.1) is 5.92 Å². The van der Waals surface area contributed by atoms with Gasteiger partial charge in [0.25, 0.3) is 0 Å². The van der Waals surface area contributed by atoms with Gasteiger partial charge in [-0.05, 0) is 51.7 Å². The van der Waals surface area contributed by atoms with Gasteiger partial charge in [0.05, 0.1) is 6.04 Å². The second-order valence-electron chi connectivity index (χ2n) is 9.04.